The molecular weight excluding hydrogens is 387 g/mol. The Morgan fingerprint density at radius 2 is 1.87 bits per heavy atom. The number of carbonyl (C=O) groups excluding carboxylic acids is 1. The molecule has 9 heteroatoms. The highest BCUT2D eigenvalue weighted by Crippen LogP contribution is 2.35. The van der Waals surface area contributed by atoms with Gasteiger partial charge in [0.05, 0.1) is 29.5 Å². The van der Waals surface area contributed by atoms with Crippen molar-refractivity contribution in [3.8, 4) is 22.6 Å². The third-order valence-corrected chi connectivity index (χ3v) is 4.74. The van der Waals surface area contributed by atoms with Crippen LogP contribution in [0.1, 0.15) is 26.8 Å². The highest BCUT2D eigenvalue weighted by Gasteiger charge is 2.36. The van der Waals surface area contributed by atoms with Gasteiger partial charge in [-0.25, -0.2) is 24.1 Å². The Bertz CT molecular complexity index is 1070. The summed E-state index contributed by atoms with van der Waals surface area (Å²) in [5, 5.41) is 0. The standard InChI is InChI=1S/C21H23FN6O2/c1-21(2,3)30-20(29)27-10-15(11-27)28-12-25-17(13-4-6-14(22)7-5-13)18(28)16-8-9-24-19(23)26-16/h4-9,12,15H,10-11H2,1-3H3,(H2,23,24,26). The summed E-state index contributed by atoms with van der Waals surface area (Å²) in [6.07, 6.45) is 2.95. The average molecular weight is 410 g/mol. The SMILES string of the molecule is CC(C)(C)OC(=O)N1CC(n2cnc(-c3ccc(F)cc3)c2-c2ccnc(N)n2)C1. The Kier molecular flexibility index (Phi) is 4.89. The van der Waals surface area contributed by atoms with Crippen molar-refractivity contribution in [2.24, 2.45) is 0 Å². The van der Waals surface area contributed by atoms with Crippen molar-refractivity contribution < 1.29 is 13.9 Å². The van der Waals surface area contributed by atoms with E-state index in [1.54, 1.807) is 35.6 Å². The van der Waals surface area contributed by atoms with Crippen molar-refractivity contribution in [2.75, 3.05) is 18.8 Å². The van der Waals surface area contributed by atoms with Crippen molar-refractivity contribution in [1.29, 1.82) is 0 Å². The maximum atomic E-state index is 13.4. The lowest BCUT2D eigenvalue weighted by Crippen LogP contribution is -2.52. The van der Waals surface area contributed by atoms with Crippen LogP contribution in [0.15, 0.2) is 42.9 Å². The van der Waals surface area contributed by atoms with E-state index in [1.807, 2.05) is 25.3 Å². The van der Waals surface area contributed by atoms with Crippen molar-refractivity contribution in [1.82, 2.24) is 24.4 Å². The number of benzene rings is 1. The Hall–Kier alpha value is -3.49. The van der Waals surface area contributed by atoms with Gasteiger partial charge in [0.15, 0.2) is 0 Å². The number of halogens is 1. The quantitative estimate of drug-likeness (QED) is 0.709. The van der Waals surface area contributed by atoms with Crippen LogP contribution in [0.2, 0.25) is 0 Å². The molecule has 156 valence electrons. The van der Waals surface area contributed by atoms with E-state index in [-0.39, 0.29) is 23.9 Å². The second-order valence-corrected chi connectivity index (χ2v) is 8.20. The number of nitrogens with two attached hydrogens (primary N) is 1. The highest BCUT2D eigenvalue weighted by molar-refractivity contribution is 5.77. The van der Waals surface area contributed by atoms with Gasteiger partial charge >= 0.3 is 6.09 Å². The Labute approximate surface area is 173 Å². The molecule has 1 fully saturated rings. The lowest BCUT2D eigenvalue weighted by molar-refractivity contribution is 0.00123. The average Bonchev–Trinajstić information content (AvgIpc) is 3.04. The smallest absolute Gasteiger partial charge is 0.410 e. The topological polar surface area (TPSA) is 99.2 Å². The first-order valence-electron chi connectivity index (χ1n) is 9.61. The molecule has 0 unspecified atom stereocenters. The van der Waals surface area contributed by atoms with Gasteiger partial charge in [-0.3, -0.25) is 0 Å². The summed E-state index contributed by atoms with van der Waals surface area (Å²) in [5.41, 5.74) is 8.01. The van der Waals surface area contributed by atoms with Crippen LogP contribution in [0.3, 0.4) is 0 Å². The number of likely N-dealkylation sites (tertiary alicyclic amines) is 1. The third kappa shape index (κ3) is 3.96. The molecule has 30 heavy (non-hydrogen) atoms. The van der Waals surface area contributed by atoms with Crippen LogP contribution in [-0.4, -0.2) is 49.2 Å². The first-order chi connectivity index (χ1) is 14.2. The number of hydrogen-bond acceptors (Lipinski definition) is 6. The lowest BCUT2D eigenvalue weighted by atomic mass is 10.1. The number of amides is 1. The molecule has 1 aliphatic rings. The Morgan fingerprint density at radius 3 is 2.50 bits per heavy atom. The largest absolute Gasteiger partial charge is 0.444 e. The molecule has 1 saturated heterocycles. The van der Waals surface area contributed by atoms with Crippen LogP contribution in [0.25, 0.3) is 22.6 Å². The zero-order chi connectivity index (χ0) is 21.5. The minimum Gasteiger partial charge on any atom is -0.444 e. The van der Waals surface area contributed by atoms with Gasteiger partial charge in [0, 0.05) is 24.8 Å². The first kappa shape index (κ1) is 19.8. The number of nitrogen functional groups attached to an aromatic ring is 1. The molecule has 0 bridgehead atoms. The molecule has 0 saturated carbocycles. The van der Waals surface area contributed by atoms with Gasteiger partial charge in [0.25, 0.3) is 0 Å². The van der Waals surface area contributed by atoms with E-state index in [9.17, 15) is 9.18 Å². The number of hydrogen-bond donors (Lipinski definition) is 1. The summed E-state index contributed by atoms with van der Waals surface area (Å²) in [6, 6.07) is 7.88. The lowest BCUT2D eigenvalue weighted by Gasteiger charge is -2.40. The number of rotatable bonds is 3. The zero-order valence-electron chi connectivity index (χ0n) is 17.0. The molecule has 1 aliphatic heterocycles. The number of carbonyl (C=O) groups is 1. The summed E-state index contributed by atoms with van der Waals surface area (Å²) in [7, 11) is 0. The molecule has 1 amide bonds. The van der Waals surface area contributed by atoms with E-state index in [2.05, 4.69) is 15.0 Å². The molecule has 3 heterocycles. The second-order valence-electron chi connectivity index (χ2n) is 8.20. The fraction of sp³-hybridized carbons (Fsp3) is 0.333. The van der Waals surface area contributed by atoms with Gasteiger partial charge in [-0.05, 0) is 51.1 Å². The van der Waals surface area contributed by atoms with Gasteiger partial charge in [-0.2, -0.15) is 0 Å². The number of ether oxygens (including phenoxy) is 1. The molecule has 0 atom stereocenters. The second kappa shape index (κ2) is 7.40. The molecule has 0 aliphatic carbocycles. The van der Waals surface area contributed by atoms with Gasteiger partial charge < -0.3 is 19.9 Å². The van der Waals surface area contributed by atoms with E-state index >= 15 is 0 Å². The van der Waals surface area contributed by atoms with Crippen molar-refractivity contribution >= 4 is 12.0 Å². The van der Waals surface area contributed by atoms with E-state index in [1.165, 1.54) is 12.1 Å². The molecular formula is C21H23FN6O2. The number of anilines is 1. The fourth-order valence-electron chi connectivity index (χ4n) is 3.32. The van der Waals surface area contributed by atoms with Crippen LogP contribution >= 0.6 is 0 Å². The summed E-state index contributed by atoms with van der Waals surface area (Å²) >= 11 is 0. The van der Waals surface area contributed by atoms with Crippen LogP contribution in [0.5, 0.6) is 0 Å². The van der Waals surface area contributed by atoms with Crippen molar-refractivity contribution in [3.05, 3.63) is 48.7 Å². The minimum atomic E-state index is -0.545. The number of aromatic nitrogens is 4. The van der Waals surface area contributed by atoms with Crippen molar-refractivity contribution in [2.45, 2.75) is 32.4 Å². The van der Waals surface area contributed by atoms with E-state index in [0.717, 1.165) is 11.3 Å². The summed E-state index contributed by atoms with van der Waals surface area (Å²) in [5.74, 6) is -0.174. The fourth-order valence-corrected chi connectivity index (χ4v) is 3.32. The molecule has 4 rings (SSSR count). The monoisotopic (exact) mass is 410 g/mol. The van der Waals surface area contributed by atoms with Crippen LogP contribution in [-0.2, 0) is 4.74 Å². The number of nitrogens with zero attached hydrogens (tertiary/aromatic N) is 5. The molecule has 3 aromatic rings. The van der Waals surface area contributed by atoms with Crippen LogP contribution in [0.4, 0.5) is 15.1 Å². The van der Waals surface area contributed by atoms with E-state index in [4.69, 9.17) is 10.5 Å². The molecule has 0 radical (unpaired) electrons. The molecule has 0 spiro atoms. The number of imidazole rings is 1. The van der Waals surface area contributed by atoms with Crippen molar-refractivity contribution in [3.63, 3.8) is 0 Å². The predicted octanol–water partition coefficient (Wildman–Crippen LogP) is 3.52. The maximum absolute atomic E-state index is 13.4. The molecule has 2 N–H and O–H groups in total. The normalized spacial score (nSPS) is 14.5. The zero-order valence-corrected chi connectivity index (χ0v) is 17.0. The van der Waals surface area contributed by atoms with Gasteiger partial charge in [-0.1, -0.05) is 0 Å². The van der Waals surface area contributed by atoms with Crippen LogP contribution in [0, 0.1) is 5.82 Å². The van der Waals surface area contributed by atoms with E-state index in [0.29, 0.717) is 24.5 Å². The Morgan fingerprint density at radius 1 is 1.17 bits per heavy atom. The summed E-state index contributed by atoms with van der Waals surface area (Å²) in [4.78, 5) is 26.8. The molecule has 8 nitrogen and oxygen atoms in total. The van der Waals surface area contributed by atoms with Crippen LogP contribution < -0.4 is 5.73 Å². The maximum Gasteiger partial charge on any atom is 0.410 e. The highest BCUT2D eigenvalue weighted by atomic mass is 19.1. The van der Waals surface area contributed by atoms with Gasteiger partial charge in [0.1, 0.15) is 11.4 Å². The summed E-state index contributed by atoms with van der Waals surface area (Å²) < 4.78 is 20.8. The molecule has 2 aromatic heterocycles. The van der Waals surface area contributed by atoms with Gasteiger partial charge in [-0.15, -0.1) is 0 Å². The predicted molar refractivity (Wildman–Crippen MR) is 110 cm³/mol. The minimum absolute atomic E-state index is 0.00501. The van der Waals surface area contributed by atoms with E-state index < -0.39 is 5.60 Å². The molecule has 1 aromatic carbocycles. The Balaban J connectivity index is 1.66. The third-order valence-electron chi connectivity index (χ3n) is 4.74. The van der Waals surface area contributed by atoms with Gasteiger partial charge in [0.2, 0.25) is 5.95 Å². The summed E-state index contributed by atoms with van der Waals surface area (Å²) in [6.45, 7) is 6.49. The first-order valence-corrected chi connectivity index (χ1v) is 9.61.